The van der Waals surface area contributed by atoms with Gasteiger partial charge in [-0.15, -0.1) is 0 Å². The first-order valence-electron chi connectivity index (χ1n) is 9.34. The van der Waals surface area contributed by atoms with Crippen LogP contribution in [-0.2, 0) is 14.9 Å². The van der Waals surface area contributed by atoms with Crippen molar-refractivity contribution >= 4 is 17.8 Å². The number of carbonyl (C=O) groups excluding carboxylic acids is 2. The molecule has 1 unspecified atom stereocenters. The van der Waals surface area contributed by atoms with Gasteiger partial charge in [-0.25, -0.2) is 9.59 Å². The number of ether oxygens (including phenoxy) is 1. The Kier molecular flexibility index (Phi) is 6.47. The minimum Gasteiger partial charge on any atom is -0.480 e. The van der Waals surface area contributed by atoms with E-state index in [4.69, 9.17) is 4.74 Å². The van der Waals surface area contributed by atoms with Crippen LogP contribution in [0.25, 0.3) is 0 Å². The molecule has 29 heavy (non-hydrogen) atoms. The third-order valence-electron chi connectivity index (χ3n) is 4.56. The van der Waals surface area contributed by atoms with Gasteiger partial charge < -0.3 is 15.2 Å². The van der Waals surface area contributed by atoms with Gasteiger partial charge in [-0.3, -0.25) is 4.79 Å². The number of hydrogen-bond donors (Lipinski definition) is 2. The molecule has 6 nitrogen and oxygen atoms in total. The van der Waals surface area contributed by atoms with E-state index in [1.54, 1.807) is 83.1 Å². The van der Waals surface area contributed by atoms with E-state index >= 15 is 0 Å². The molecule has 0 aliphatic heterocycles. The number of benzene rings is 2. The lowest BCUT2D eigenvalue weighted by Gasteiger charge is -2.33. The Morgan fingerprint density at radius 3 is 1.86 bits per heavy atom. The lowest BCUT2D eigenvalue weighted by Crippen LogP contribution is -2.53. The van der Waals surface area contributed by atoms with Crippen molar-refractivity contribution in [2.45, 2.75) is 51.7 Å². The second-order valence-electron chi connectivity index (χ2n) is 8.41. The summed E-state index contributed by atoms with van der Waals surface area (Å²) in [5, 5.41) is 12.1. The van der Waals surface area contributed by atoms with E-state index in [2.05, 4.69) is 5.32 Å². The maximum absolute atomic E-state index is 12.6. The largest absolute Gasteiger partial charge is 0.480 e. The number of alkyl carbamates (subject to hydrolysis) is 1. The van der Waals surface area contributed by atoms with Gasteiger partial charge in [0.15, 0.2) is 5.78 Å². The van der Waals surface area contributed by atoms with Crippen LogP contribution in [0.2, 0.25) is 0 Å². The Hall–Kier alpha value is -3.15. The zero-order valence-electron chi connectivity index (χ0n) is 17.4. The van der Waals surface area contributed by atoms with Crippen LogP contribution in [0, 0.1) is 0 Å². The fraction of sp³-hybridized carbons (Fsp3) is 0.348. The molecule has 0 aliphatic rings. The first-order chi connectivity index (χ1) is 13.4. The Morgan fingerprint density at radius 1 is 0.862 bits per heavy atom. The second-order valence-corrected chi connectivity index (χ2v) is 8.41. The van der Waals surface area contributed by atoms with Gasteiger partial charge in [0.25, 0.3) is 0 Å². The second kappa shape index (κ2) is 8.47. The zero-order chi connectivity index (χ0) is 21.8. The quantitative estimate of drug-likeness (QED) is 0.714. The van der Waals surface area contributed by atoms with Gasteiger partial charge in [0.1, 0.15) is 11.6 Å². The Morgan fingerprint density at radius 2 is 1.38 bits per heavy atom. The number of carboxylic acids is 1. The first-order valence-corrected chi connectivity index (χ1v) is 9.34. The summed E-state index contributed by atoms with van der Waals surface area (Å²) in [6.45, 7) is 8.55. The van der Waals surface area contributed by atoms with Crippen LogP contribution in [0.4, 0.5) is 4.79 Å². The fourth-order valence-electron chi connectivity index (χ4n) is 2.95. The molecule has 0 heterocycles. The number of rotatable bonds is 6. The SMILES string of the molecule is CC(C)(C)OC(=O)NC(C(=O)O)C(C)(C)c1ccc(C(=O)c2ccccc2)cc1. The van der Waals surface area contributed by atoms with Crippen molar-refractivity contribution < 1.29 is 24.2 Å². The van der Waals surface area contributed by atoms with Gasteiger partial charge >= 0.3 is 12.1 Å². The van der Waals surface area contributed by atoms with Crippen LogP contribution in [0.5, 0.6) is 0 Å². The Balaban J connectivity index is 2.24. The number of ketones is 1. The summed E-state index contributed by atoms with van der Waals surface area (Å²) in [7, 11) is 0. The molecule has 1 amide bonds. The molecule has 0 fully saturated rings. The highest BCUT2D eigenvalue weighted by atomic mass is 16.6. The maximum atomic E-state index is 12.6. The smallest absolute Gasteiger partial charge is 0.408 e. The number of nitrogens with one attached hydrogen (secondary N) is 1. The predicted octanol–water partition coefficient (Wildman–Crippen LogP) is 4.17. The standard InChI is InChI=1S/C23H27NO5/c1-22(2,3)29-21(28)24-19(20(26)27)23(4,5)17-13-11-16(12-14-17)18(25)15-9-7-6-8-10-15/h6-14,19H,1-5H3,(H,24,28)(H,26,27). The van der Waals surface area contributed by atoms with Crippen LogP contribution in [0.1, 0.15) is 56.1 Å². The normalized spacial score (nSPS) is 12.7. The molecule has 2 aromatic carbocycles. The van der Waals surface area contributed by atoms with Gasteiger partial charge in [0.2, 0.25) is 0 Å². The van der Waals surface area contributed by atoms with E-state index in [1.165, 1.54) is 0 Å². The number of carbonyl (C=O) groups is 3. The van der Waals surface area contributed by atoms with E-state index in [0.29, 0.717) is 16.7 Å². The molecule has 2 N–H and O–H groups in total. The highest BCUT2D eigenvalue weighted by Gasteiger charge is 2.39. The number of aliphatic carboxylic acids is 1. The number of amides is 1. The van der Waals surface area contributed by atoms with E-state index in [1.807, 2.05) is 6.07 Å². The molecule has 2 aromatic rings. The van der Waals surface area contributed by atoms with Gasteiger partial charge in [-0.1, -0.05) is 68.4 Å². The molecule has 0 spiro atoms. The summed E-state index contributed by atoms with van der Waals surface area (Å²) in [6, 6.07) is 14.5. The molecule has 0 saturated carbocycles. The number of hydrogen-bond acceptors (Lipinski definition) is 4. The molecule has 2 rings (SSSR count). The van der Waals surface area contributed by atoms with E-state index in [-0.39, 0.29) is 5.78 Å². The average Bonchev–Trinajstić information content (AvgIpc) is 2.64. The highest BCUT2D eigenvalue weighted by molar-refractivity contribution is 6.08. The molecule has 0 radical (unpaired) electrons. The summed E-state index contributed by atoms with van der Waals surface area (Å²) >= 11 is 0. The van der Waals surface area contributed by atoms with Crippen molar-refractivity contribution in [3.8, 4) is 0 Å². The summed E-state index contributed by atoms with van der Waals surface area (Å²) in [5.74, 6) is -1.29. The lowest BCUT2D eigenvalue weighted by molar-refractivity contribution is -0.141. The van der Waals surface area contributed by atoms with Crippen LogP contribution in [0.15, 0.2) is 54.6 Å². The molecular formula is C23H27NO5. The van der Waals surface area contributed by atoms with Crippen molar-refractivity contribution in [1.29, 1.82) is 0 Å². The Labute approximate surface area is 170 Å². The minimum absolute atomic E-state index is 0.114. The van der Waals surface area contributed by atoms with Crippen LogP contribution >= 0.6 is 0 Å². The van der Waals surface area contributed by atoms with Crippen LogP contribution in [-0.4, -0.2) is 34.6 Å². The molecule has 0 bridgehead atoms. The van der Waals surface area contributed by atoms with Gasteiger partial charge in [-0.05, 0) is 26.3 Å². The summed E-state index contributed by atoms with van der Waals surface area (Å²) in [5.41, 5.74) is 0.0659. The van der Waals surface area contributed by atoms with E-state index in [9.17, 15) is 19.5 Å². The third-order valence-corrected chi connectivity index (χ3v) is 4.56. The molecule has 1 atom stereocenters. The van der Waals surface area contributed by atoms with Crippen LogP contribution in [0.3, 0.4) is 0 Å². The fourth-order valence-corrected chi connectivity index (χ4v) is 2.95. The van der Waals surface area contributed by atoms with Crippen molar-refractivity contribution in [2.75, 3.05) is 0 Å². The lowest BCUT2D eigenvalue weighted by atomic mass is 9.77. The van der Waals surface area contributed by atoms with Gasteiger partial charge in [0, 0.05) is 16.5 Å². The van der Waals surface area contributed by atoms with E-state index < -0.39 is 29.1 Å². The maximum Gasteiger partial charge on any atom is 0.408 e. The van der Waals surface area contributed by atoms with Crippen molar-refractivity contribution in [2.24, 2.45) is 0 Å². The molecule has 0 aromatic heterocycles. The number of carboxylic acid groups (broad SMARTS) is 1. The topological polar surface area (TPSA) is 92.7 Å². The summed E-state index contributed by atoms with van der Waals surface area (Å²) in [6.07, 6.45) is -0.797. The van der Waals surface area contributed by atoms with Gasteiger partial charge in [0.05, 0.1) is 0 Å². The monoisotopic (exact) mass is 397 g/mol. The Bertz CT molecular complexity index is 880. The average molecular weight is 397 g/mol. The summed E-state index contributed by atoms with van der Waals surface area (Å²) < 4.78 is 5.19. The van der Waals surface area contributed by atoms with Crippen molar-refractivity contribution in [3.05, 3.63) is 71.3 Å². The summed E-state index contributed by atoms with van der Waals surface area (Å²) in [4.78, 5) is 36.5. The molecular weight excluding hydrogens is 370 g/mol. The van der Waals surface area contributed by atoms with E-state index in [0.717, 1.165) is 0 Å². The zero-order valence-corrected chi connectivity index (χ0v) is 17.4. The van der Waals surface area contributed by atoms with Crippen molar-refractivity contribution in [3.63, 3.8) is 0 Å². The van der Waals surface area contributed by atoms with Gasteiger partial charge in [-0.2, -0.15) is 0 Å². The third kappa shape index (κ3) is 5.67. The molecule has 6 heteroatoms. The molecule has 0 saturated heterocycles. The minimum atomic E-state index is -1.21. The van der Waals surface area contributed by atoms with Crippen molar-refractivity contribution in [1.82, 2.24) is 5.32 Å². The molecule has 0 aliphatic carbocycles. The molecule has 154 valence electrons. The highest BCUT2D eigenvalue weighted by Crippen LogP contribution is 2.28. The predicted molar refractivity (Wildman–Crippen MR) is 110 cm³/mol. The van der Waals surface area contributed by atoms with Crippen LogP contribution < -0.4 is 5.32 Å². The first kappa shape index (κ1) is 22.1.